The molecule has 72 valence electrons. The summed E-state index contributed by atoms with van der Waals surface area (Å²) in [6.45, 7) is 3.26. The van der Waals surface area contributed by atoms with Crippen LogP contribution in [0.3, 0.4) is 0 Å². The third-order valence-electron chi connectivity index (χ3n) is 1.52. The molecule has 13 heavy (non-hydrogen) atoms. The summed E-state index contributed by atoms with van der Waals surface area (Å²) in [7, 11) is 0. The van der Waals surface area contributed by atoms with Gasteiger partial charge in [0.1, 0.15) is 0 Å². The maximum absolute atomic E-state index is 5.33. The van der Waals surface area contributed by atoms with Crippen LogP contribution in [0.25, 0.3) is 0 Å². The monoisotopic (exact) mass is 182 g/mol. The van der Waals surface area contributed by atoms with E-state index in [0.29, 0.717) is 13.1 Å². The van der Waals surface area contributed by atoms with Crippen LogP contribution >= 0.6 is 0 Å². The number of guanidine groups is 1. The lowest BCUT2D eigenvalue weighted by molar-refractivity contribution is 0.624. The second kappa shape index (κ2) is 4.46. The molecule has 0 bridgehead atoms. The Morgan fingerprint density at radius 1 is 1.77 bits per heavy atom. The number of nitrogens with two attached hydrogens (primary N) is 2. The first kappa shape index (κ1) is 9.53. The molecule has 0 aliphatic heterocycles. The Morgan fingerprint density at radius 2 is 2.54 bits per heavy atom. The molecule has 0 radical (unpaired) electrons. The lowest BCUT2D eigenvalue weighted by Crippen LogP contribution is -2.37. The largest absolute Gasteiger partial charge is 0.369 e. The molecule has 0 aliphatic carbocycles. The summed E-state index contributed by atoms with van der Waals surface area (Å²) in [5, 5.41) is 4.09. The molecule has 0 saturated heterocycles. The zero-order valence-electron chi connectivity index (χ0n) is 7.57. The summed E-state index contributed by atoms with van der Waals surface area (Å²) in [5.74, 6) is 5.27. The molecule has 5 N–H and O–H groups in total. The van der Waals surface area contributed by atoms with Crippen LogP contribution in [0.5, 0.6) is 0 Å². The van der Waals surface area contributed by atoms with Crippen molar-refractivity contribution in [2.75, 3.05) is 6.54 Å². The van der Waals surface area contributed by atoms with Crippen molar-refractivity contribution in [3.05, 3.63) is 18.0 Å². The first-order valence-electron chi connectivity index (χ1n) is 3.98. The average molecular weight is 182 g/mol. The summed E-state index contributed by atoms with van der Waals surface area (Å²) in [4.78, 5) is 3.94. The second-order valence-electron chi connectivity index (χ2n) is 2.69. The molecule has 1 rings (SSSR count). The number of hydrogen-bond donors (Lipinski definition) is 3. The quantitative estimate of drug-likeness (QED) is 0.241. The van der Waals surface area contributed by atoms with Crippen molar-refractivity contribution in [2.45, 2.75) is 13.5 Å². The molecule has 0 unspecified atom stereocenters. The maximum Gasteiger partial charge on any atom is 0.203 e. The number of nitrogens with one attached hydrogen (secondary N) is 1. The number of aliphatic imine (C=N–C) groups is 1. The molecule has 1 aromatic rings. The average Bonchev–Trinajstić information content (AvgIpc) is 2.51. The maximum atomic E-state index is 5.33. The number of aryl methyl sites for hydroxylation is 1. The molecular formula is C7H14N6. The van der Waals surface area contributed by atoms with Crippen LogP contribution in [-0.4, -0.2) is 22.3 Å². The van der Waals surface area contributed by atoms with Crippen molar-refractivity contribution >= 4 is 5.96 Å². The van der Waals surface area contributed by atoms with Gasteiger partial charge in [0.15, 0.2) is 0 Å². The van der Waals surface area contributed by atoms with Crippen LogP contribution in [0.15, 0.2) is 17.4 Å². The predicted molar refractivity (Wildman–Crippen MR) is 50.8 cm³/mol. The van der Waals surface area contributed by atoms with E-state index in [4.69, 9.17) is 11.6 Å². The molecule has 6 nitrogen and oxygen atoms in total. The summed E-state index contributed by atoms with van der Waals surface area (Å²) in [5.41, 5.74) is 8.71. The minimum absolute atomic E-state index is 0.240. The first-order chi connectivity index (χ1) is 6.22. The van der Waals surface area contributed by atoms with Gasteiger partial charge in [-0.25, -0.2) is 5.84 Å². The SMILES string of the molecule is Cc1cnn(CCN=C(N)NN)c1. The van der Waals surface area contributed by atoms with Crippen molar-refractivity contribution in [3.8, 4) is 0 Å². The van der Waals surface area contributed by atoms with Crippen molar-refractivity contribution in [1.82, 2.24) is 15.2 Å². The molecule has 0 fully saturated rings. The number of aromatic nitrogens is 2. The van der Waals surface area contributed by atoms with Crippen molar-refractivity contribution in [2.24, 2.45) is 16.6 Å². The van der Waals surface area contributed by atoms with E-state index >= 15 is 0 Å². The van der Waals surface area contributed by atoms with Gasteiger partial charge < -0.3 is 5.73 Å². The minimum atomic E-state index is 0.240. The highest BCUT2D eigenvalue weighted by Gasteiger charge is 1.92. The fourth-order valence-corrected chi connectivity index (χ4v) is 0.908. The van der Waals surface area contributed by atoms with Crippen LogP contribution in [0.4, 0.5) is 0 Å². The van der Waals surface area contributed by atoms with Gasteiger partial charge in [-0.05, 0) is 12.5 Å². The Balaban J connectivity index is 2.35. The van der Waals surface area contributed by atoms with Crippen molar-refractivity contribution < 1.29 is 0 Å². The van der Waals surface area contributed by atoms with Gasteiger partial charge in [-0.2, -0.15) is 5.10 Å². The third kappa shape index (κ3) is 3.12. The molecule has 0 atom stereocenters. The molecule has 0 aliphatic rings. The van der Waals surface area contributed by atoms with Gasteiger partial charge in [0.25, 0.3) is 0 Å². The lowest BCUT2D eigenvalue weighted by Gasteiger charge is -1.99. The number of hydrazine groups is 1. The summed E-state index contributed by atoms with van der Waals surface area (Å²) in [6, 6.07) is 0. The fraction of sp³-hybridized carbons (Fsp3) is 0.429. The van der Waals surface area contributed by atoms with Crippen LogP contribution in [0.1, 0.15) is 5.56 Å². The number of hydrogen-bond acceptors (Lipinski definition) is 3. The molecule has 1 aromatic heterocycles. The summed E-state index contributed by atoms with van der Waals surface area (Å²) >= 11 is 0. The van der Waals surface area contributed by atoms with E-state index in [0.717, 1.165) is 5.56 Å². The first-order valence-corrected chi connectivity index (χ1v) is 3.98. The van der Waals surface area contributed by atoms with Gasteiger partial charge in [-0.15, -0.1) is 0 Å². The van der Waals surface area contributed by atoms with Crippen LogP contribution in [-0.2, 0) is 6.54 Å². The molecule has 0 saturated carbocycles. The Morgan fingerprint density at radius 3 is 3.08 bits per heavy atom. The predicted octanol–water partition coefficient (Wildman–Crippen LogP) is -1.03. The Labute approximate surface area is 76.6 Å². The van der Waals surface area contributed by atoms with Crippen LogP contribution in [0.2, 0.25) is 0 Å². The highest BCUT2D eigenvalue weighted by atomic mass is 15.3. The van der Waals surface area contributed by atoms with Gasteiger partial charge in [0.05, 0.1) is 19.3 Å². The van der Waals surface area contributed by atoms with Gasteiger partial charge in [-0.3, -0.25) is 15.1 Å². The van der Waals surface area contributed by atoms with E-state index in [9.17, 15) is 0 Å². The van der Waals surface area contributed by atoms with E-state index in [1.165, 1.54) is 0 Å². The third-order valence-corrected chi connectivity index (χ3v) is 1.52. The van der Waals surface area contributed by atoms with Gasteiger partial charge in [0.2, 0.25) is 5.96 Å². The van der Waals surface area contributed by atoms with Crippen molar-refractivity contribution in [3.63, 3.8) is 0 Å². The van der Waals surface area contributed by atoms with E-state index in [1.807, 2.05) is 17.8 Å². The fourth-order valence-electron chi connectivity index (χ4n) is 0.908. The van der Waals surface area contributed by atoms with Gasteiger partial charge >= 0.3 is 0 Å². The minimum Gasteiger partial charge on any atom is -0.369 e. The summed E-state index contributed by atoms with van der Waals surface area (Å²) < 4.78 is 1.81. The van der Waals surface area contributed by atoms with E-state index in [-0.39, 0.29) is 5.96 Å². The molecular weight excluding hydrogens is 168 g/mol. The summed E-state index contributed by atoms with van der Waals surface area (Å²) in [6.07, 6.45) is 3.75. The van der Waals surface area contributed by atoms with Gasteiger partial charge in [-0.1, -0.05) is 0 Å². The van der Waals surface area contributed by atoms with E-state index < -0.39 is 0 Å². The molecule has 0 spiro atoms. The standard InChI is InChI=1S/C7H14N6/c1-6-4-11-13(5-6)3-2-10-7(8)12-9/h4-5H,2-3,9H2,1H3,(H3,8,10,12). The molecule has 0 aromatic carbocycles. The highest BCUT2D eigenvalue weighted by Crippen LogP contribution is 1.93. The van der Waals surface area contributed by atoms with Crippen LogP contribution in [0, 0.1) is 6.92 Å². The Hall–Kier alpha value is -1.56. The van der Waals surface area contributed by atoms with E-state index in [1.54, 1.807) is 6.20 Å². The number of rotatable bonds is 3. The normalized spacial score (nSPS) is 11.7. The smallest absolute Gasteiger partial charge is 0.203 e. The lowest BCUT2D eigenvalue weighted by atomic mass is 10.4. The number of nitrogens with zero attached hydrogens (tertiary/aromatic N) is 3. The molecule has 6 heteroatoms. The Kier molecular flexibility index (Phi) is 3.27. The van der Waals surface area contributed by atoms with Gasteiger partial charge in [0, 0.05) is 6.20 Å². The van der Waals surface area contributed by atoms with Crippen LogP contribution < -0.4 is 17.0 Å². The topological polar surface area (TPSA) is 94.2 Å². The van der Waals surface area contributed by atoms with E-state index in [2.05, 4.69) is 15.5 Å². The zero-order valence-corrected chi connectivity index (χ0v) is 7.57. The zero-order chi connectivity index (χ0) is 9.68. The Bertz CT molecular complexity index is 289. The van der Waals surface area contributed by atoms with Crippen molar-refractivity contribution in [1.29, 1.82) is 0 Å². The second-order valence-corrected chi connectivity index (χ2v) is 2.69. The highest BCUT2D eigenvalue weighted by molar-refractivity contribution is 5.76. The molecule has 1 heterocycles. The molecule has 0 amide bonds.